The fraction of sp³-hybridized carbons (Fsp3) is 0.333. The predicted molar refractivity (Wildman–Crippen MR) is 96.6 cm³/mol. The Hall–Kier alpha value is -2.24. The minimum absolute atomic E-state index is 0.697. The molecule has 5 heteroatoms. The van der Waals surface area contributed by atoms with E-state index in [2.05, 4.69) is 27.3 Å². The van der Waals surface area contributed by atoms with Crippen LogP contribution >= 0.6 is 0 Å². The molecule has 4 N–H and O–H groups in total. The van der Waals surface area contributed by atoms with Crippen LogP contribution in [0.3, 0.4) is 0 Å². The highest BCUT2D eigenvalue weighted by atomic mass is 15.1. The molecule has 0 aliphatic heterocycles. The molecular weight excluding hydrogens is 286 g/mol. The Morgan fingerprint density at radius 3 is 1.74 bits per heavy atom. The number of anilines is 1. The molecule has 0 heterocycles. The monoisotopic (exact) mass is 311 g/mol. The summed E-state index contributed by atoms with van der Waals surface area (Å²) < 4.78 is 0. The second-order valence-corrected chi connectivity index (χ2v) is 5.32. The molecule has 0 bridgehead atoms. The van der Waals surface area contributed by atoms with Crippen molar-refractivity contribution in [2.75, 3.05) is 31.1 Å². The minimum atomic E-state index is 0.697. The van der Waals surface area contributed by atoms with Crippen LogP contribution in [0, 0.1) is 0 Å². The molecule has 2 rings (SSSR count). The van der Waals surface area contributed by atoms with Crippen molar-refractivity contribution < 1.29 is 0 Å². The molecular formula is C18H25N5. The molecule has 0 atom stereocenters. The molecule has 0 spiro atoms. The molecule has 0 fully saturated rings. The highest BCUT2D eigenvalue weighted by Gasteiger charge is 2.05. The van der Waals surface area contributed by atoms with Gasteiger partial charge >= 0.3 is 0 Å². The van der Waals surface area contributed by atoms with Crippen LogP contribution in [0.4, 0.5) is 17.1 Å². The van der Waals surface area contributed by atoms with Crippen LogP contribution in [0.25, 0.3) is 0 Å². The van der Waals surface area contributed by atoms with Crippen LogP contribution in [0.2, 0.25) is 0 Å². The van der Waals surface area contributed by atoms with E-state index in [1.807, 2.05) is 42.5 Å². The van der Waals surface area contributed by atoms with Crippen LogP contribution in [0.5, 0.6) is 0 Å². The number of hydrogen-bond donors (Lipinski definition) is 2. The third kappa shape index (κ3) is 5.81. The molecule has 23 heavy (non-hydrogen) atoms. The Labute approximate surface area is 138 Å². The van der Waals surface area contributed by atoms with E-state index in [0.717, 1.165) is 37.3 Å². The summed E-state index contributed by atoms with van der Waals surface area (Å²) in [7, 11) is 0. The van der Waals surface area contributed by atoms with Crippen LogP contribution in [-0.4, -0.2) is 26.2 Å². The maximum absolute atomic E-state index is 5.62. The SMILES string of the molecule is NCCCN(CCCN)c1ccc(N=Nc2ccccc2)cc1. The van der Waals surface area contributed by atoms with E-state index in [1.54, 1.807) is 0 Å². The summed E-state index contributed by atoms with van der Waals surface area (Å²) >= 11 is 0. The predicted octanol–water partition coefficient (Wildman–Crippen LogP) is 3.61. The molecule has 0 aliphatic carbocycles. The van der Waals surface area contributed by atoms with Gasteiger partial charge in [-0.3, -0.25) is 0 Å². The molecule has 2 aromatic carbocycles. The van der Waals surface area contributed by atoms with E-state index in [9.17, 15) is 0 Å². The quantitative estimate of drug-likeness (QED) is 0.694. The van der Waals surface area contributed by atoms with Gasteiger partial charge in [0.25, 0.3) is 0 Å². The fourth-order valence-electron chi connectivity index (χ4n) is 2.27. The van der Waals surface area contributed by atoms with Gasteiger partial charge < -0.3 is 16.4 Å². The summed E-state index contributed by atoms with van der Waals surface area (Å²) in [5, 5.41) is 8.50. The lowest BCUT2D eigenvalue weighted by atomic mass is 10.2. The number of nitrogens with two attached hydrogens (primary N) is 2. The summed E-state index contributed by atoms with van der Waals surface area (Å²) in [5.41, 5.74) is 14.1. The number of hydrogen-bond acceptors (Lipinski definition) is 5. The average molecular weight is 311 g/mol. The van der Waals surface area contributed by atoms with Gasteiger partial charge in [0.2, 0.25) is 0 Å². The molecule has 122 valence electrons. The van der Waals surface area contributed by atoms with E-state index < -0.39 is 0 Å². The van der Waals surface area contributed by atoms with Gasteiger partial charge in [0.1, 0.15) is 0 Å². The Balaban J connectivity index is 2.02. The highest BCUT2D eigenvalue weighted by Crippen LogP contribution is 2.22. The zero-order valence-electron chi connectivity index (χ0n) is 13.4. The van der Waals surface area contributed by atoms with Gasteiger partial charge in [0.05, 0.1) is 11.4 Å². The third-order valence-electron chi connectivity index (χ3n) is 3.52. The van der Waals surface area contributed by atoms with E-state index in [1.165, 1.54) is 5.69 Å². The van der Waals surface area contributed by atoms with Gasteiger partial charge in [-0.2, -0.15) is 10.2 Å². The topological polar surface area (TPSA) is 80.0 Å². The fourth-order valence-corrected chi connectivity index (χ4v) is 2.27. The lowest BCUT2D eigenvalue weighted by Gasteiger charge is -2.24. The summed E-state index contributed by atoms with van der Waals surface area (Å²) in [6.45, 7) is 3.29. The molecule has 0 saturated heterocycles. The standard InChI is InChI=1S/C18H25N5/c19-12-4-14-23(15-5-13-20)18-10-8-17(9-11-18)22-21-16-6-2-1-3-7-16/h1-3,6-11H,4-5,12-15,19-20H2. The van der Waals surface area contributed by atoms with Crippen molar-refractivity contribution in [1.82, 2.24) is 0 Å². The molecule has 0 aromatic heterocycles. The molecule has 0 unspecified atom stereocenters. The first-order chi connectivity index (χ1) is 11.3. The zero-order chi connectivity index (χ0) is 16.3. The van der Waals surface area contributed by atoms with E-state index in [-0.39, 0.29) is 0 Å². The Bertz CT molecular complexity index is 572. The highest BCUT2D eigenvalue weighted by molar-refractivity contribution is 5.53. The van der Waals surface area contributed by atoms with Crippen molar-refractivity contribution in [3.63, 3.8) is 0 Å². The molecule has 0 saturated carbocycles. The first kappa shape index (κ1) is 17.1. The van der Waals surface area contributed by atoms with Crippen LogP contribution in [-0.2, 0) is 0 Å². The Morgan fingerprint density at radius 1 is 0.696 bits per heavy atom. The van der Waals surface area contributed by atoms with Crippen LogP contribution in [0.1, 0.15) is 12.8 Å². The van der Waals surface area contributed by atoms with Gasteiger partial charge in [-0.1, -0.05) is 18.2 Å². The Kier molecular flexibility index (Phi) is 7.23. The van der Waals surface area contributed by atoms with Crippen molar-refractivity contribution in [2.24, 2.45) is 21.7 Å². The number of benzene rings is 2. The summed E-state index contributed by atoms with van der Waals surface area (Å²) in [4.78, 5) is 2.32. The number of rotatable bonds is 9. The summed E-state index contributed by atoms with van der Waals surface area (Å²) in [6.07, 6.45) is 1.94. The van der Waals surface area contributed by atoms with Crippen molar-refractivity contribution >= 4 is 17.1 Å². The lowest BCUT2D eigenvalue weighted by Crippen LogP contribution is -2.28. The van der Waals surface area contributed by atoms with Gasteiger partial charge in [0.15, 0.2) is 0 Å². The zero-order valence-corrected chi connectivity index (χ0v) is 13.4. The van der Waals surface area contributed by atoms with Gasteiger partial charge in [-0.15, -0.1) is 0 Å². The van der Waals surface area contributed by atoms with Crippen LogP contribution < -0.4 is 16.4 Å². The molecule has 2 aromatic rings. The smallest absolute Gasteiger partial charge is 0.0858 e. The minimum Gasteiger partial charge on any atom is -0.371 e. The van der Waals surface area contributed by atoms with Crippen molar-refractivity contribution in [3.05, 3.63) is 54.6 Å². The first-order valence-electron chi connectivity index (χ1n) is 8.05. The van der Waals surface area contributed by atoms with Gasteiger partial charge in [-0.05, 0) is 62.3 Å². The van der Waals surface area contributed by atoms with Crippen LogP contribution in [0.15, 0.2) is 64.8 Å². The molecule has 0 amide bonds. The third-order valence-corrected chi connectivity index (χ3v) is 3.52. The molecule has 0 aliphatic rings. The maximum Gasteiger partial charge on any atom is 0.0858 e. The number of nitrogens with zero attached hydrogens (tertiary/aromatic N) is 3. The largest absolute Gasteiger partial charge is 0.371 e. The molecule has 0 radical (unpaired) electrons. The lowest BCUT2D eigenvalue weighted by molar-refractivity contribution is 0.702. The average Bonchev–Trinajstić information content (AvgIpc) is 2.62. The summed E-state index contributed by atoms with van der Waals surface area (Å²) in [6, 6.07) is 17.8. The molecule has 5 nitrogen and oxygen atoms in total. The number of azo groups is 1. The first-order valence-corrected chi connectivity index (χ1v) is 8.05. The van der Waals surface area contributed by atoms with E-state index in [4.69, 9.17) is 11.5 Å². The van der Waals surface area contributed by atoms with Crippen molar-refractivity contribution in [2.45, 2.75) is 12.8 Å². The van der Waals surface area contributed by atoms with Crippen molar-refractivity contribution in [1.29, 1.82) is 0 Å². The van der Waals surface area contributed by atoms with Gasteiger partial charge in [-0.25, -0.2) is 0 Å². The van der Waals surface area contributed by atoms with Gasteiger partial charge in [0, 0.05) is 18.8 Å². The van der Waals surface area contributed by atoms with Crippen molar-refractivity contribution in [3.8, 4) is 0 Å². The van der Waals surface area contributed by atoms with E-state index in [0.29, 0.717) is 13.1 Å². The second kappa shape index (κ2) is 9.71. The Morgan fingerprint density at radius 2 is 1.22 bits per heavy atom. The summed E-state index contributed by atoms with van der Waals surface area (Å²) in [5.74, 6) is 0. The maximum atomic E-state index is 5.62. The normalized spacial score (nSPS) is 11.0. The second-order valence-electron chi connectivity index (χ2n) is 5.32. The van der Waals surface area contributed by atoms with E-state index >= 15 is 0 Å².